The molecule has 0 aliphatic heterocycles. The molecule has 0 saturated carbocycles. The minimum atomic E-state index is -0.264. The van der Waals surface area contributed by atoms with Gasteiger partial charge >= 0.3 is 5.97 Å². The van der Waals surface area contributed by atoms with Gasteiger partial charge in [-0.2, -0.15) is 0 Å². The number of carbonyl (C=O) groups excluding carboxylic acids is 1. The number of hydrogen-bond acceptors (Lipinski definition) is 3. The molecule has 0 spiro atoms. The average molecular weight is 246 g/mol. The van der Waals surface area contributed by atoms with Crippen LogP contribution in [0.4, 0.5) is 0 Å². The molecule has 1 aromatic heterocycles. The molecule has 0 radical (unpaired) electrons. The van der Waals surface area contributed by atoms with E-state index in [0.717, 1.165) is 11.3 Å². The van der Waals surface area contributed by atoms with Crippen molar-refractivity contribution in [2.45, 2.75) is 19.9 Å². The summed E-state index contributed by atoms with van der Waals surface area (Å²) in [6.45, 7) is 6.28. The van der Waals surface area contributed by atoms with Gasteiger partial charge in [-0.15, -0.1) is 0 Å². The van der Waals surface area contributed by atoms with Crippen LogP contribution in [-0.2, 0) is 22.5 Å². The van der Waals surface area contributed by atoms with Crippen molar-refractivity contribution in [3.63, 3.8) is 0 Å². The van der Waals surface area contributed by atoms with Crippen molar-refractivity contribution in [3.05, 3.63) is 54.7 Å². The molecule has 1 aromatic rings. The summed E-state index contributed by atoms with van der Waals surface area (Å²) in [4.78, 5) is 15.3. The Bertz CT molecular complexity index is 470. The van der Waals surface area contributed by atoms with E-state index in [1.807, 2.05) is 29.7 Å². The maximum absolute atomic E-state index is 11.3. The van der Waals surface area contributed by atoms with Crippen LogP contribution in [0, 0.1) is 0 Å². The summed E-state index contributed by atoms with van der Waals surface area (Å²) in [7, 11) is 1.38. The number of methoxy groups -OCH3 is 1. The van der Waals surface area contributed by atoms with E-state index in [4.69, 9.17) is 0 Å². The molecule has 0 saturated heterocycles. The lowest BCUT2D eigenvalue weighted by Crippen LogP contribution is -2.10. The Balaban J connectivity index is 2.78. The smallest absolute Gasteiger partial charge is 0.311 e. The van der Waals surface area contributed by atoms with Gasteiger partial charge < -0.3 is 9.30 Å². The zero-order valence-electron chi connectivity index (χ0n) is 10.8. The van der Waals surface area contributed by atoms with Crippen LogP contribution in [-0.4, -0.2) is 22.6 Å². The first-order chi connectivity index (χ1) is 8.71. The van der Waals surface area contributed by atoms with E-state index >= 15 is 0 Å². The fraction of sp³-hybridized carbons (Fsp3) is 0.286. The Morgan fingerprint density at radius 2 is 2.39 bits per heavy atom. The zero-order chi connectivity index (χ0) is 13.4. The molecule has 0 fully saturated rings. The van der Waals surface area contributed by atoms with Gasteiger partial charge in [0, 0.05) is 18.4 Å². The van der Waals surface area contributed by atoms with Gasteiger partial charge in [0.1, 0.15) is 0 Å². The molecular formula is C14H18N2O2. The largest absolute Gasteiger partial charge is 0.469 e. The fourth-order valence-electron chi connectivity index (χ4n) is 1.49. The first kappa shape index (κ1) is 14.0. The van der Waals surface area contributed by atoms with Crippen LogP contribution in [0.1, 0.15) is 12.6 Å². The molecule has 0 bridgehead atoms. The van der Waals surface area contributed by atoms with Crippen LogP contribution in [0.3, 0.4) is 0 Å². The second-order valence-electron chi connectivity index (χ2n) is 3.72. The van der Waals surface area contributed by atoms with Gasteiger partial charge in [0.05, 0.1) is 19.9 Å². The van der Waals surface area contributed by atoms with Crippen molar-refractivity contribution < 1.29 is 9.53 Å². The zero-order valence-corrected chi connectivity index (χ0v) is 10.8. The van der Waals surface area contributed by atoms with Crippen LogP contribution >= 0.6 is 0 Å². The van der Waals surface area contributed by atoms with Gasteiger partial charge in [-0.3, -0.25) is 4.79 Å². The third kappa shape index (κ3) is 4.05. The van der Waals surface area contributed by atoms with Crippen molar-refractivity contribution in [1.29, 1.82) is 0 Å². The summed E-state index contributed by atoms with van der Waals surface area (Å²) < 4.78 is 6.58. The highest BCUT2D eigenvalue weighted by Crippen LogP contribution is 2.07. The maximum Gasteiger partial charge on any atom is 0.311 e. The van der Waals surface area contributed by atoms with Crippen molar-refractivity contribution in [3.8, 4) is 0 Å². The third-order valence-electron chi connectivity index (χ3n) is 2.52. The Labute approximate surface area is 107 Å². The number of aromatic nitrogens is 2. The van der Waals surface area contributed by atoms with E-state index in [-0.39, 0.29) is 12.4 Å². The molecule has 0 aromatic carbocycles. The fourth-order valence-corrected chi connectivity index (χ4v) is 1.49. The number of hydrogen-bond donors (Lipinski definition) is 0. The lowest BCUT2D eigenvalue weighted by Gasteiger charge is -2.08. The van der Waals surface area contributed by atoms with Crippen molar-refractivity contribution in [2.75, 3.05) is 7.11 Å². The standard InChI is InChI=1S/C14H18N2O2/c1-4-6-7-12(5-2)10-16-11-15-9-13(16)8-14(17)18-3/h4-7,9,11H,1,8,10H2,2-3H3/b7-6-,12-5+. The summed E-state index contributed by atoms with van der Waals surface area (Å²) in [5.74, 6) is -0.264. The summed E-state index contributed by atoms with van der Waals surface area (Å²) in [5.41, 5.74) is 1.97. The molecule has 0 atom stereocenters. The predicted molar refractivity (Wildman–Crippen MR) is 71.0 cm³/mol. The summed E-state index contributed by atoms with van der Waals surface area (Å²) in [6, 6.07) is 0. The molecule has 0 amide bonds. The van der Waals surface area contributed by atoms with Gasteiger partial charge in [-0.25, -0.2) is 4.98 Å². The van der Waals surface area contributed by atoms with Gasteiger partial charge in [0.2, 0.25) is 0 Å². The van der Waals surface area contributed by atoms with E-state index in [1.54, 1.807) is 18.6 Å². The number of allylic oxidation sites excluding steroid dienone is 5. The second-order valence-corrected chi connectivity index (χ2v) is 3.72. The highest BCUT2D eigenvalue weighted by molar-refractivity contribution is 5.71. The molecule has 1 rings (SSSR count). The highest BCUT2D eigenvalue weighted by atomic mass is 16.5. The van der Waals surface area contributed by atoms with E-state index in [1.165, 1.54) is 7.11 Å². The van der Waals surface area contributed by atoms with Gasteiger partial charge in [-0.05, 0) is 12.5 Å². The topological polar surface area (TPSA) is 44.1 Å². The van der Waals surface area contributed by atoms with Crippen LogP contribution in [0.25, 0.3) is 0 Å². The average Bonchev–Trinajstić information content (AvgIpc) is 2.81. The minimum absolute atomic E-state index is 0.235. The van der Waals surface area contributed by atoms with E-state index in [2.05, 4.69) is 16.3 Å². The predicted octanol–water partition coefficient (Wildman–Crippen LogP) is 2.29. The molecule has 96 valence electrons. The number of carbonyl (C=O) groups is 1. The van der Waals surface area contributed by atoms with Crippen LogP contribution in [0.5, 0.6) is 0 Å². The number of esters is 1. The molecule has 0 aliphatic rings. The number of nitrogens with zero attached hydrogens (tertiary/aromatic N) is 2. The first-order valence-corrected chi connectivity index (χ1v) is 5.71. The lowest BCUT2D eigenvalue weighted by atomic mass is 10.2. The number of imidazole rings is 1. The molecule has 4 heteroatoms. The molecule has 0 N–H and O–H groups in total. The third-order valence-corrected chi connectivity index (χ3v) is 2.52. The monoisotopic (exact) mass is 246 g/mol. The second kappa shape index (κ2) is 7.27. The van der Waals surface area contributed by atoms with E-state index in [0.29, 0.717) is 6.54 Å². The van der Waals surface area contributed by atoms with E-state index < -0.39 is 0 Å². The van der Waals surface area contributed by atoms with Gasteiger partial charge in [0.15, 0.2) is 0 Å². The SMILES string of the molecule is C=C/C=C\C(=C/C)Cn1cncc1CC(=O)OC. The highest BCUT2D eigenvalue weighted by Gasteiger charge is 2.08. The summed E-state index contributed by atoms with van der Waals surface area (Å²) >= 11 is 0. The van der Waals surface area contributed by atoms with Gasteiger partial charge in [0.25, 0.3) is 0 Å². The Morgan fingerprint density at radius 3 is 3.00 bits per heavy atom. The summed E-state index contributed by atoms with van der Waals surface area (Å²) in [6.07, 6.45) is 11.2. The molecule has 0 aliphatic carbocycles. The molecule has 1 heterocycles. The summed E-state index contributed by atoms with van der Waals surface area (Å²) in [5, 5.41) is 0. The lowest BCUT2D eigenvalue weighted by molar-refractivity contribution is -0.139. The Morgan fingerprint density at radius 1 is 1.61 bits per heavy atom. The van der Waals surface area contributed by atoms with Crippen LogP contribution < -0.4 is 0 Å². The quantitative estimate of drug-likeness (QED) is 0.571. The van der Waals surface area contributed by atoms with Crippen molar-refractivity contribution in [2.24, 2.45) is 0 Å². The Kier molecular flexibility index (Phi) is 5.64. The number of ether oxygens (including phenoxy) is 1. The molecule has 18 heavy (non-hydrogen) atoms. The van der Waals surface area contributed by atoms with Crippen molar-refractivity contribution >= 4 is 5.97 Å². The number of rotatable bonds is 6. The van der Waals surface area contributed by atoms with Gasteiger partial charge in [-0.1, -0.05) is 30.9 Å². The maximum atomic E-state index is 11.3. The van der Waals surface area contributed by atoms with Crippen molar-refractivity contribution in [1.82, 2.24) is 9.55 Å². The molecule has 4 nitrogen and oxygen atoms in total. The first-order valence-electron chi connectivity index (χ1n) is 5.71. The Hall–Kier alpha value is -2.10. The minimum Gasteiger partial charge on any atom is -0.469 e. The van der Waals surface area contributed by atoms with Crippen LogP contribution in [0.15, 0.2) is 49.0 Å². The molecule has 0 unspecified atom stereocenters. The van der Waals surface area contributed by atoms with Crippen LogP contribution in [0.2, 0.25) is 0 Å². The molecular weight excluding hydrogens is 228 g/mol. The van der Waals surface area contributed by atoms with E-state index in [9.17, 15) is 4.79 Å². The normalized spacial score (nSPS) is 11.8.